The fraction of sp³-hybridized carbons (Fsp3) is 0.412. The number of nitrogens with one attached hydrogen (secondary N) is 1. The molecule has 0 aromatic heterocycles. The summed E-state index contributed by atoms with van der Waals surface area (Å²) >= 11 is 0. The van der Waals surface area contributed by atoms with Crippen LogP contribution in [0.3, 0.4) is 0 Å². The molecule has 112 valence electrons. The van der Waals surface area contributed by atoms with Gasteiger partial charge >= 0.3 is 5.97 Å². The lowest BCUT2D eigenvalue weighted by molar-refractivity contribution is -0.147. The number of amides is 1. The number of hydrogen-bond acceptors (Lipinski definition) is 2. The summed E-state index contributed by atoms with van der Waals surface area (Å²) in [7, 11) is 0. The Morgan fingerprint density at radius 3 is 2.43 bits per heavy atom. The molecule has 2 N–H and O–H groups in total. The lowest BCUT2D eigenvalue weighted by atomic mass is 9.82. The quantitative estimate of drug-likeness (QED) is 0.817. The summed E-state index contributed by atoms with van der Waals surface area (Å²) in [6, 6.07) is 9.92. The van der Waals surface area contributed by atoms with Crippen LogP contribution in [0.1, 0.15) is 25.3 Å². The average molecular weight is 287 g/mol. The normalized spacial score (nSPS) is 22.5. The third-order valence-corrected chi connectivity index (χ3v) is 3.86. The first-order valence-electron chi connectivity index (χ1n) is 7.30. The highest BCUT2D eigenvalue weighted by Gasteiger charge is 2.34. The van der Waals surface area contributed by atoms with E-state index in [4.69, 9.17) is 0 Å². The second kappa shape index (κ2) is 7.07. The van der Waals surface area contributed by atoms with Gasteiger partial charge in [-0.15, -0.1) is 0 Å². The van der Waals surface area contributed by atoms with E-state index >= 15 is 0 Å². The van der Waals surface area contributed by atoms with Gasteiger partial charge in [-0.25, -0.2) is 0 Å². The van der Waals surface area contributed by atoms with Crippen LogP contribution in [-0.2, 0) is 16.0 Å². The molecule has 3 atom stereocenters. The lowest BCUT2D eigenvalue weighted by Gasteiger charge is -2.26. The van der Waals surface area contributed by atoms with E-state index < -0.39 is 17.8 Å². The zero-order chi connectivity index (χ0) is 15.2. The van der Waals surface area contributed by atoms with Crippen LogP contribution in [0.5, 0.6) is 0 Å². The van der Waals surface area contributed by atoms with Crippen LogP contribution in [0.4, 0.5) is 0 Å². The molecule has 4 heteroatoms. The zero-order valence-electron chi connectivity index (χ0n) is 12.2. The third kappa shape index (κ3) is 4.18. The second-order valence-corrected chi connectivity index (χ2v) is 5.59. The number of rotatable bonds is 5. The molecule has 1 aliphatic carbocycles. The van der Waals surface area contributed by atoms with Gasteiger partial charge in [-0.2, -0.15) is 0 Å². The van der Waals surface area contributed by atoms with Gasteiger partial charge in [0, 0.05) is 6.04 Å². The van der Waals surface area contributed by atoms with Crippen molar-refractivity contribution >= 4 is 11.9 Å². The summed E-state index contributed by atoms with van der Waals surface area (Å²) in [6.07, 6.45) is 5.41. The predicted molar refractivity (Wildman–Crippen MR) is 80.7 cm³/mol. The second-order valence-electron chi connectivity index (χ2n) is 5.59. The van der Waals surface area contributed by atoms with E-state index in [9.17, 15) is 14.7 Å². The van der Waals surface area contributed by atoms with Gasteiger partial charge in [0.05, 0.1) is 11.8 Å². The van der Waals surface area contributed by atoms with Crippen LogP contribution in [0, 0.1) is 11.8 Å². The van der Waals surface area contributed by atoms with Crippen molar-refractivity contribution in [2.75, 3.05) is 0 Å². The van der Waals surface area contributed by atoms with Crippen molar-refractivity contribution in [1.29, 1.82) is 0 Å². The first-order valence-corrected chi connectivity index (χ1v) is 7.30. The van der Waals surface area contributed by atoms with E-state index in [0.29, 0.717) is 12.8 Å². The molecule has 0 heterocycles. The maximum Gasteiger partial charge on any atom is 0.307 e. The van der Waals surface area contributed by atoms with Crippen molar-refractivity contribution in [1.82, 2.24) is 5.32 Å². The lowest BCUT2D eigenvalue weighted by Crippen LogP contribution is -2.43. The molecule has 0 bridgehead atoms. The average Bonchev–Trinajstić information content (AvgIpc) is 2.48. The Hall–Kier alpha value is -2.10. The summed E-state index contributed by atoms with van der Waals surface area (Å²) < 4.78 is 0. The van der Waals surface area contributed by atoms with Crippen LogP contribution >= 0.6 is 0 Å². The molecule has 0 saturated carbocycles. The van der Waals surface area contributed by atoms with Crippen LogP contribution in [0.15, 0.2) is 42.5 Å². The maximum atomic E-state index is 12.3. The van der Waals surface area contributed by atoms with Crippen LogP contribution in [0.25, 0.3) is 0 Å². The number of hydrogen-bond donors (Lipinski definition) is 2. The first kappa shape index (κ1) is 15.3. The maximum absolute atomic E-state index is 12.3. The molecule has 1 unspecified atom stereocenters. The molecule has 1 aromatic rings. The monoisotopic (exact) mass is 287 g/mol. The Balaban J connectivity index is 1.93. The first-order chi connectivity index (χ1) is 10.1. The van der Waals surface area contributed by atoms with E-state index in [-0.39, 0.29) is 11.9 Å². The Labute approximate surface area is 124 Å². The number of carbonyl (C=O) groups excluding carboxylic acids is 1. The number of benzene rings is 1. The molecular weight excluding hydrogens is 266 g/mol. The number of aliphatic carboxylic acids is 1. The number of carboxylic acid groups (broad SMARTS) is 1. The summed E-state index contributed by atoms with van der Waals surface area (Å²) in [6.45, 7) is 1.94. The number of carboxylic acids is 1. The summed E-state index contributed by atoms with van der Waals surface area (Å²) in [4.78, 5) is 23.5. The minimum absolute atomic E-state index is 0.0137. The molecule has 21 heavy (non-hydrogen) atoms. The fourth-order valence-corrected chi connectivity index (χ4v) is 2.75. The van der Waals surface area contributed by atoms with Crippen molar-refractivity contribution in [3.05, 3.63) is 48.0 Å². The standard InChI is InChI=1S/C17H21NO3/c1-12(11-13-7-3-2-4-8-13)18-16(19)14-9-5-6-10-15(14)17(20)21/h2-8,12,14-15H,9-11H2,1H3,(H,18,19)(H,20,21)/t12?,14-,15+/m1/s1. The third-order valence-electron chi connectivity index (χ3n) is 3.86. The number of allylic oxidation sites excluding steroid dienone is 2. The van der Waals surface area contributed by atoms with Gasteiger partial charge in [0.15, 0.2) is 0 Å². The summed E-state index contributed by atoms with van der Waals surface area (Å²) in [5, 5.41) is 12.2. The molecule has 0 saturated heterocycles. The van der Waals surface area contributed by atoms with E-state index in [1.807, 2.05) is 49.4 Å². The molecule has 0 aliphatic heterocycles. The van der Waals surface area contributed by atoms with Crippen molar-refractivity contribution < 1.29 is 14.7 Å². The Morgan fingerprint density at radius 2 is 1.81 bits per heavy atom. The topological polar surface area (TPSA) is 66.4 Å². The molecule has 0 spiro atoms. The summed E-state index contributed by atoms with van der Waals surface area (Å²) in [5.74, 6) is -2.13. The largest absolute Gasteiger partial charge is 0.481 e. The van der Waals surface area contributed by atoms with E-state index in [1.54, 1.807) is 0 Å². The van der Waals surface area contributed by atoms with Gasteiger partial charge in [-0.1, -0.05) is 42.5 Å². The van der Waals surface area contributed by atoms with Crippen molar-refractivity contribution in [2.45, 2.75) is 32.2 Å². The van der Waals surface area contributed by atoms with Gasteiger partial charge in [0.25, 0.3) is 0 Å². The highest BCUT2D eigenvalue weighted by Crippen LogP contribution is 2.26. The van der Waals surface area contributed by atoms with Crippen LogP contribution in [-0.4, -0.2) is 23.0 Å². The molecular formula is C17H21NO3. The molecule has 2 rings (SSSR count). The summed E-state index contributed by atoms with van der Waals surface area (Å²) in [5.41, 5.74) is 1.16. The van der Waals surface area contributed by atoms with Gasteiger partial charge in [-0.3, -0.25) is 9.59 Å². The van der Waals surface area contributed by atoms with Gasteiger partial charge in [0.1, 0.15) is 0 Å². The number of carbonyl (C=O) groups is 2. The highest BCUT2D eigenvalue weighted by atomic mass is 16.4. The van der Waals surface area contributed by atoms with E-state index in [0.717, 1.165) is 12.0 Å². The van der Waals surface area contributed by atoms with Crippen LogP contribution < -0.4 is 5.32 Å². The fourth-order valence-electron chi connectivity index (χ4n) is 2.75. The molecule has 1 amide bonds. The minimum atomic E-state index is -0.893. The highest BCUT2D eigenvalue weighted by molar-refractivity contribution is 5.85. The van der Waals surface area contributed by atoms with Crippen LogP contribution in [0.2, 0.25) is 0 Å². The van der Waals surface area contributed by atoms with Gasteiger partial charge in [0.2, 0.25) is 5.91 Å². The Kier molecular flexibility index (Phi) is 5.14. The molecule has 1 aliphatic rings. The smallest absolute Gasteiger partial charge is 0.307 e. The Morgan fingerprint density at radius 1 is 1.19 bits per heavy atom. The van der Waals surface area contributed by atoms with E-state index in [1.165, 1.54) is 0 Å². The molecule has 0 fully saturated rings. The molecule has 0 radical (unpaired) electrons. The van der Waals surface area contributed by atoms with Crippen molar-refractivity contribution in [3.63, 3.8) is 0 Å². The van der Waals surface area contributed by atoms with Crippen molar-refractivity contribution in [3.8, 4) is 0 Å². The Bertz CT molecular complexity index is 524. The molecule has 1 aromatic carbocycles. The predicted octanol–water partition coefficient (Wildman–Crippen LogP) is 2.40. The van der Waals surface area contributed by atoms with E-state index in [2.05, 4.69) is 5.32 Å². The minimum Gasteiger partial charge on any atom is -0.481 e. The van der Waals surface area contributed by atoms with Crippen molar-refractivity contribution in [2.24, 2.45) is 11.8 Å². The zero-order valence-corrected chi connectivity index (χ0v) is 12.2. The van der Waals surface area contributed by atoms with Gasteiger partial charge < -0.3 is 10.4 Å². The molecule has 4 nitrogen and oxygen atoms in total. The SMILES string of the molecule is CC(Cc1ccccc1)NC(=O)[C@@H]1CC=CC[C@@H]1C(=O)O. The van der Waals surface area contributed by atoms with Gasteiger partial charge in [-0.05, 0) is 31.7 Å².